The van der Waals surface area contributed by atoms with Crippen LogP contribution < -0.4 is 15.4 Å². The molecule has 1 aromatic heterocycles. The molecule has 5 nitrogen and oxygen atoms in total. The van der Waals surface area contributed by atoms with Crippen molar-refractivity contribution in [3.8, 4) is 5.88 Å². The molecule has 1 aliphatic carbocycles. The van der Waals surface area contributed by atoms with Crippen molar-refractivity contribution in [3.63, 3.8) is 0 Å². The number of alkyl halides is 3. The number of aliphatic imine (C=N–C) groups is 1. The van der Waals surface area contributed by atoms with Crippen LogP contribution in [0.4, 0.5) is 13.2 Å². The van der Waals surface area contributed by atoms with Crippen molar-refractivity contribution in [2.45, 2.75) is 50.9 Å². The van der Waals surface area contributed by atoms with E-state index in [0.29, 0.717) is 18.4 Å². The third-order valence-electron chi connectivity index (χ3n) is 3.77. The second-order valence-corrected chi connectivity index (χ2v) is 5.75. The average molecular weight is 472 g/mol. The quantitative estimate of drug-likeness (QED) is 0.377. The number of hydrogen-bond acceptors (Lipinski definition) is 3. The topological polar surface area (TPSA) is 58.5 Å². The van der Waals surface area contributed by atoms with Crippen molar-refractivity contribution in [2.75, 3.05) is 13.6 Å². The summed E-state index contributed by atoms with van der Waals surface area (Å²) in [7, 11) is 1.51. The average Bonchev–Trinajstić information content (AvgIpc) is 3.04. The molecule has 1 aromatic rings. The zero-order valence-electron chi connectivity index (χ0n) is 14.1. The van der Waals surface area contributed by atoms with Crippen molar-refractivity contribution >= 4 is 29.9 Å². The number of guanidine groups is 1. The highest BCUT2D eigenvalue weighted by molar-refractivity contribution is 14.0. The highest BCUT2D eigenvalue weighted by Crippen LogP contribution is 2.22. The number of pyridine rings is 1. The zero-order valence-corrected chi connectivity index (χ0v) is 16.4. The van der Waals surface area contributed by atoms with Crippen LogP contribution >= 0.6 is 24.0 Å². The monoisotopic (exact) mass is 472 g/mol. The molecule has 2 rings (SSSR count). The molecule has 25 heavy (non-hydrogen) atoms. The Hall–Kier alpha value is -1.26. The number of nitrogens with zero attached hydrogens (tertiary/aromatic N) is 2. The van der Waals surface area contributed by atoms with Gasteiger partial charge in [-0.05, 0) is 31.2 Å². The maximum atomic E-state index is 12.1. The lowest BCUT2D eigenvalue weighted by Crippen LogP contribution is -2.38. The van der Waals surface area contributed by atoms with E-state index < -0.39 is 12.6 Å². The van der Waals surface area contributed by atoms with Gasteiger partial charge >= 0.3 is 6.18 Å². The standard InChI is InChI=1S/C16H23F3N4O.HI/c1-20-15(21-9-8-16(17,18)19)23-11-12-6-7-14(22-10-12)24-13-4-2-3-5-13;/h6-7,10,13H,2-5,8-9,11H2,1H3,(H2,20,21,23);1H. The minimum absolute atomic E-state index is 0. The number of aromatic nitrogens is 1. The highest BCUT2D eigenvalue weighted by Gasteiger charge is 2.26. The minimum atomic E-state index is -4.18. The minimum Gasteiger partial charge on any atom is -0.474 e. The van der Waals surface area contributed by atoms with Crippen molar-refractivity contribution < 1.29 is 17.9 Å². The number of nitrogens with one attached hydrogen (secondary N) is 2. The molecule has 0 spiro atoms. The van der Waals surface area contributed by atoms with Gasteiger partial charge in [0.1, 0.15) is 6.10 Å². The van der Waals surface area contributed by atoms with Crippen molar-refractivity contribution in [2.24, 2.45) is 4.99 Å². The smallest absolute Gasteiger partial charge is 0.390 e. The second-order valence-electron chi connectivity index (χ2n) is 5.75. The van der Waals surface area contributed by atoms with Gasteiger partial charge in [0.2, 0.25) is 5.88 Å². The van der Waals surface area contributed by atoms with E-state index in [1.165, 1.54) is 19.9 Å². The molecule has 0 bridgehead atoms. The molecule has 0 aliphatic heterocycles. The van der Waals surface area contributed by atoms with Crippen LogP contribution in [0.1, 0.15) is 37.7 Å². The van der Waals surface area contributed by atoms with E-state index in [0.717, 1.165) is 18.4 Å². The molecule has 1 saturated carbocycles. The summed E-state index contributed by atoms with van der Waals surface area (Å²) >= 11 is 0. The number of rotatable bonds is 6. The molecule has 1 heterocycles. The van der Waals surface area contributed by atoms with Crippen LogP contribution in [0.25, 0.3) is 0 Å². The highest BCUT2D eigenvalue weighted by atomic mass is 127. The van der Waals surface area contributed by atoms with Crippen LogP contribution in [0.2, 0.25) is 0 Å². The fourth-order valence-electron chi connectivity index (χ4n) is 2.49. The first-order valence-corrected chi connectivity index (χ1v) is 8.09. The molecule has 0 saturated heterocycles. The molecule has 1 fully saturated rings. The van der Waals surface area contributed by atoms with Gasteiger partial charge in [-0.3, -0.25) is 4.99 Å². The van der Waals surface area contributed by atoms with Gasteiger partial charge in [0, 0.05) is 32.4 Å². The molecular weight excluding hydrogens is 448 g/mol. The number of halogens is 4. The first-order valence-electron chi connectivity index (χ1n) is 8.09. The van der Waals surface area contributed by atoms with E-state index in [-0.39, 0.29) is 36.6 Å². The van der Waals surface area contributed by atoms with Gasteiger partial charge in [0.05, 0.1) is 6.42 Å². The molecule has 0 amide bonds. The first-order chi connectivity index (χ1) is 11.5. The Bertz CT molecular complexity index is 531. The van der Waals surface area contributed by atoms with Gasteiger partial charge in [0.25, 0.3) is 0 Å². The van der Waals surface area contributed by atoms with Gasteiger partial charge in [-0.2, -0.15) is 13.2 Å². The molecule has 1 aliphatic rings. The second kappa shape index (κ2) is 10.7. The Morgan fingerprint density at radius 1 is 1.28 bits per heavy atom. The normalized spacial score (nSPS) is 15.6. The summed E-state index contributed by atoms with van der Waals surface area (Å²) < 4.78 is 42.2. The van der Waals surface area contributed by atoms with Crippen molar-refractivity contribution in [3.05, 3.63) is 23.9 Å². The Labute approximate surface area is 162 Å². The fraction of sp³-hybridized carbons (Fsp3) is 0.625. The van der Waals surface area contributed by atoms with E-state index in [1.54, 1.807) is 6.20 Å². The number of hydrogen-bond donors (Lipinski definition) is 2. The van der Waals surface area contributed by atoms with Crippen LogP contribution in [0, 0.1) is 0 Å². The molecule has 0 aromatic carbocycles. The van der Waals surface area contributed by atoms with E-state index in [1.807, 2.05) is 12.1 Å². The molecular formula is C16H24F3IN4O. The van der Waals surface area contributed by atoms with Gasteiger partial charge in [-0.1, -0.05) is 6.07 Å². The van der Waals surface area contributed by atoms with Crippen molar-refractivity contribution in [1.82, 2.24) is 15.6 Å². The van der Waals surface area contributed by atoms with Crippen LogP contribution in [0.5, 0.6) is 5.88 Å². The van der Waals surface area contributed by atoms with E-state index in [9.17, 15) is 13.2 Å². The van der Waals surface area contributed by atoms with Crippen LogP contribution in [-0.2, 0) is 6.54 Å². The van der Waals surface area contributed by atoms with Gasteiger partial charge in [0.15, 0.2) is 5.96 Å². The molecule has 0 radical (unpaired) electrons. The SMILES string of the molecule is CN=C(NCCC(F)(F)F)NCc1ccc(OC2CCCC2)nc1.I. The van der Waals surface area contributed by atoms with Crippen LogP contribution in [0.15, 0.2) is 23.3 Å². The lowest BCUT2D eigenvalue weighted by Gasteiger charge is -2.14. The van der Waals surface area contributed by atoms with E-state index in [4.69, 9.17) is 4.74 Å². The van der Waals surface area contributed by atoms with E-state index >= 15 is 0 Å². The van der Waals surface area contributed by atoms with Gasteiger partial charge in [-0.25, -0.2) is 4.98 Å². The predicted octanol–water partition coefficient (Wildman–Crippen LogP) is 3.64. The Morgan fingerprint density at radius 3 is 2.56 bits per heavy atom. The molecule has 2 N–H and O–H groups in total. The first kappa shape index (κ1) is 21.8. The predicted molar refractivity (Wildman–Crippen MR) is 101 cm³/mol. The molecule has 142 valence electrons. The fourth-order valence-corrected chi connectivity index (χ4v) is 2.49. The summed E-state index contributed by atoms with van der Waals surface area (Å²) in [4.78, 5) is 8.16. The third kappa shape index (κ3) is 8.59. The summed E-state index contributed by atoms with van der Waals surface area (Å²) in [5.41, 5.74) is 0.896. The van der Waals surface area contributed by atoms with Gasteiger partial charge < -0.3 is 15.4 Å². The largest absolute Gasteiger partial charge is 0.474 e. The summed E-state index contributed by atoms with van der Waals surface area (Å²) in [5, 5.41) is 5.58. The van der Waals surface area contributed by atoms with Crippen molar-refractivity contribution in [1.29, 1.82) is 0 Å². The molecule has 9 heteroatoms. The summed E-state index contributed by atoms with van der Waals surface area (Å²) in [6, 6.07) is 3.70. The maximum Gasteiger partial charge on any atom is 0.390 e. The molecule has 0 atom stereocenters. The summed E-state index contributed by atoms with van der Waals surface area (Å²) in [6.45, 7) is 0.206. The third-order valence-corrected chi connectivity index (χ3v) is 3.77. The number of ether oxygens (including phenoxy) is 1. The lowest BCUT2D eigenvalue weighted by molar-refractivity contribution is -0.132. The summed E-state index contributed by atoms with van der Waals surface area (Å²) in [6.07, 6.45) is 1.43. The summed E-state index contributed by atoms with van der Waals surface area (Å²) in [5.74, 6) is 0.934. The maximum absolute atomic E-state index is 12.1. The van der Waals surface area contributed by atoms with Crippen LogP contribution in [0.3, 0.4) is 0 Å². The van der Waals surface area contributed by atoms with Gasteiger partial charge in [-0.15, -0.1) is 24.0 Å². The van der Waals surface area contributed by atoms with Crippen LogP contribution in [-0.4, -0.2) is 36.8 Å². The van der Waals surface area contributed by atoms with E-state index in [2.05, 4.69) is 20.6 Å². The Morgan fingerprint density at radius 2 is 2.00 bits per heavy atom. The Kier molecular flexibility index (Phi) is 9.30. The Balaban J connectivity index is 0.00000312. The molecule has 0 unspecified atom stereocenters. The zero-order chi connectivity index (χ0) is 17.4. The lowest BCUT2D eigenvalue weighted by atomic mass is 10.3.